The van der Waals surface area contributed by atoms with Crippen LogP contribution in [-0.2, 0) is 15.0 Å². The molecule has 5 rings (SSSR count). The van der Waals surface area contributed by atoms with Crippen molar-refractivity contribution in [2.24, 2.45) is 5.10 Å². The van der Waals surface area contributed by atoms with Crippen LogP contribution >= 0.6 is 0 Å². The summed E-state index contributed by atoms with van der Waals surface area (Å²) in [4.78, 5) is 26.8. The van der Waals surface area contributed by atoms with E-state index < -0.39 is 5.41 Å². The number of Topliss-reactive ketones (excluding diaryl/α,β-unsaturated/α-hetero) is 1. The lowest BCUT2D eigenvalue weighted by atomic mass is 9.67. The fraction of sp³-hybridized carbons (Fsp3) is 0.400. The average Bonchev–Trinajstić information content (AvgIpc) is 3.16. The maximum Gasteiger partial charge on any atom is 0.234 e. The molecule has 0 spiro atoms. The predicted molar refractivity (Wildman–Crippen MR) is 123 cm³/mol. The monoisotopic (exact) mass is 450 g/mol. The smallest absolute Gasteiger partial charge is 0.234 e. The molecule has 0 bridgehead atoms. The number of nitrogens with zero attached hydrogens (tertiary/aromatic N) is 3. The molecule has 0 aromatic heterocycles. The van der Waals surface area contributed by atoms with Crippen molar-refractivity contribution in [2.75, 3.05) is 37.8 Å². The van der Waals surface area contributed by atoms with Crippen LogP contribution in [0.1, 0.15) is 25.3 Å². The molecule has 0 saturated carbocycles. The molecule has 3 aliphatic rings. The average molecular weight is 451 g/mol. The third-order valence-electron chi connectivity index (χ3n) is 6.84. The number of ether oxygens (including phenoxy) is 1. The van der Waals surface area contributed by atoms with Gasteiger partial charge in [0.25, 0.3) is 0 Å². The largest absolute Gasteiger partial charge is 0.489 e. The van der Waals surface area contributed by atoms with E-state index in [4.69, 9.17) is 9.84 Å². The number of ketones is 1. The number of carbonyl (C=O) groups is 2. The Morgan fingerprint density at radius 2 is 2.09 bits per heavy atom. The van der Waals surface area contributed by atoms with Gasteiger partial charge in [-0.2, -0.15) is 5.10 Å². The highest BCUT2D eigenvalue weighted by Crippen LogP contribution is 2.48. The summed E-state index contributed by atoms with van der Waals surface area (Å²) in [6.07, 6.45) is 1.43. The number of hydrogen-bond acceptors (Lipinski definition) is 6. The number of carbonyl (C=O) groups excluding carboxylic acids is 2. The fourth-order valence-corrected chi connectivity index (χ4v) is 5.37. The van der Waals surface area contributed by atoms with Gasteiger partial charge >= 0.3 is 0 Å². The van der Waals surface area contributed by atoms with Gasteiger partial charge in [-0.1, -0.05) is 30.3 Å². The number of benzene rings is 2. The van der Waals surface area contributed by atoms with E-state index in [-0.39, 0.29) is 23.5 Å². The van der Waals surface area contributed by atoms with E-state index in [9.17, 15) is 14.0 Å². The minimum atomic E-state index is -0.699. The van der Waals surface area contributed by atoms with Gasteiger partial charge in [0.1, 0.15) is 35.6 Å². The Bertz CT molecular complexity index is 1110. The Labute approximate surface area is 192 Å². The lowest BCUT2D eigenvalue weighted by Crippen LogP contribution is -2.54. The first-order valence-electron chi connectivity index (χ1n) is 11.4. The van der Waals surface area contributed by atoms with Crippen LogP contribution in [0, 0.1) is 5.82 Å². The number of nitrogens with one attached hydrogen (secondary N) is 1. The Balaban J connectivity index is 1.52. The SMILES string of the molecule is CC(=O)C1=NN2c3cc(F)ccc3OCC2[C@]1(CCCN1CCNC(=O)C1)c1ccccc1. The highest BCUT2D eigenvalue weighted by molar-refractivity contribution is 6.43. The number of hydrazone groups is 1. The third-order valence-corrected chi connectivity index (χ3v) is 6.84. The molecule has 1 N–H and O–H groups in total. The standard InChI is InChI=1S/C25H27FN4O3/c1-17(31)24-25(18-6-3-2-4-7-18,10-5-12-29-13-11-27-23(32)15-29)22-16-33-21-9-8-19(26)14-20(21)30(22)28-24/h2-4,6-9,14,22H,5,10-13,15-16H2,1H3,(H,27,32)/t22?,25-/m0/s1. The van der Waals surface area contributed by atoms with Crippen molar-refractivity contribution in [2.45, 2.75) is 31.2 Å². The molecule has 172 valence electrons. The lowest BCUT2D eigenvalue weighted by Gasteiger charge is -2.42. The van der Waals surface area contributed by atoms with Crippen LogP contribution in [0.15, 0.2) is 53.6 Å². The molecule has 1 saturated heterocycles. The van der Waals surface area contributed by atoms with Crippen LogP contribution < -0.4 is 15.1 Å². The first-order valence-corrected chi connectivity index (χ1v) is 11.4. The Hall–Kier alpha value is -3.26. The number of fused-ring (bicyclic) bond motifs is 3. The van der Waals surface area contributed by atoms with Crippen LogP contribution in [0.25, 0.3) is 0 Å². The van der Waals surface area contributed by atoms with Crippen molar-refractivity contribution in [3.63, 3.8) is 0 Å². The highest BCUT2D eigenvalue weighted by Gasteiger charge is 2.55. The number of anilines is 1. The van der Waals surface area contributed by atoms with Crippen molar-refractivity contribution >= 4 is 23.1 Å². The third kappa shape index (κ3) is 3.78. The van der Waals surface area contributed by atoms with E-state index in [1.165, 1.54) is 19.1 Å². The minimum absolute atomic E-state index is 0.0383. The van der Waals surface area contributed by atoms with Crippen LogP contribution in [0.5, 0.6) is 5.75 Å². The number of hydrogen-bond donors (Lipinski definition) is 1. The molecule has 33 heavy (non-hydrogen) atoms. The van der Waals surface area contributed by atoms with Crippen LogP contribution in [-0.4, -0.2) is 61.1 Å². The van der Waals surface area contributed by atoms with Gasteiger partial charge < -0.3 is 10.1 Å². The van der Waals surface area contributed by atoms with E-state index in [1.54, 1.807) is 11.1 Å². The molecule has 7 nitrogen and oxygen atoms in total. The second-order valence-electron chi connectivity index (χ2n) is 8.86. The molecule has 2 atom stereocenters. The van der Waals surface area contributed by atoms with Crippen molar-refractivity contribution in [1.29, 1.82) is 0 Å². The summed E-state index contributed by atoms with van der Waals surface area (Å²) in [6.45, 7) is 4.46. The van der Waals surface area contributed by atoms with Crippen LogP contribution in [0.3, 0.4) is 0 Å². The number of amides is 1. The van der Waals surface area contributed by atoms with Gasteiger partial charge in [-0.05, 0) is 37.1 Å². The van der Waals surface area contributed by atoms with E-state index in [0.29, 0.717) is 43.3 Å². The Morgan fingerprint density at radius 3 is 2.85 bits per heavy atom. The Morgan fingerprint density at radius 1 is 1.27 bits per heavy atom. The topological polar surface area (TPSA) is 74.2 Å². The highest BCUT2D eigenvalue weighted by atomic mass is 19.1. The summed E-state index contributed by atoms with van der Waals surface area (Å²) >= 11 is 0. The first-order chi connectivity index (χ1) is 16.0. The minimum Gasteiger partial charge on any atom is -0.489 e. The van der Waals surface area contributed by atoms with Crippen molar-refractivity contribution in [1.82, 2.24) is 10.2 Å². The van der Waals surface area contributed by atoms with Crippen molar-refractivity contribution in [3.8, 4) is 5.75 Å². The molecule has 8 heteroatoms. The van der Waals surface area contributed by atoms with E-state index >= 15 is 0 Å². The quantitative estimate of drug-likeness (QED) is 0.732. The lowest BCUT2D eigenvalue weighted by molar-refractivity contribution is -0.124. The summed E-state index contributed by atoms with van der Waals surface area (Å²) in [5.74, 6) is 0.112. The molecular formula is C25H27FN4O3. The van der Waals surface area contributed by atoms with Gasteiger partial charge in [-0.15, -0.1) is 0 Å². The Kier molecular flexibility index (Phi) is 5.62. The van der Waals surface area contributed by atoms with Gasteiger partial charge in [-0.25, -0.2) is 4.39 Å². The van der Waals surface area contributed by atoms with Gasteiger partial charge in [-0.3, -0.25) is 19.5 Å². The molecule has 2 aromatic rings. The van der Waals surface area contributed by atoms with Gasteiger partial charge in [0, 0.05) is 26.1 Å². The van der Waals surface area contributed by atoms with Crippen molar-refractivity contribution < 1.29 is 18.7 Å². The van der Waals surface area contributed by atoms with Gasteiger partial charge in [0.05, 0.1) is 12.0 Å². The predicted octanol–water partition coefficient (Wildman–Crippen LogP) is 2.50. The number of halogens is 1. The number of rotatable bonds is 6. The maximum atomic E-state index is 14.1. The zero-order chi connectivity index (χ0) is 23.0. The molecule has 1 amide bonds. The molecule has 3 heterocycles. The van der Waals surface area contributed by atoms with E-state index in [0.717, 1.165) is 25.1 Å². The summed E-state index contributed by atoms with van der Waals surface area (Å²) in [6, 6.07) is 14.0. The van der Waals surface area contributed by atoms with E-state index in [2.05, 4.69) is 10.2 Å². The first kappa shape index (κ1) is 21.6. The molecule has 3 aliphatic heterocycles. The second kappa shape index (κ2) is 8.59. The zero-order valence-electron chi connectivity index (χ0n) is 18.6. The van der Waals surface area contributed by atoms with Crippen molar-refractivity contribution in [3.05, 3.63) is 59.9 Å². The second-order valence-corrected chi connectivity index (χ2v) is 8.86. The maximum absolute atomic E-state index is 14.1. The molecule has 1 unspecified atom stereocenters. The summed E-state index contributed by atoms with van der Waals surface area (Å²) in [5.41, 5.74) is 1.30. The molecular weight excluding hydrogens is 423 g/mol. The van der Waals surface area contributed by atoms with Crippen LogP contribution in [0.2, 0.25) is 0 Å². The molecule has 1 fully saturated rings. The normalized spacial score (nSPS) is 24.4. The summed E-state index contributed by atoms with van der Waals surface area (Å²) in [5, 5.41) is 9.41. The molecule has 2 aromatic carbocycles. The number of piperazine rings is 1. The summed E-state index contributed by atoms with van der Waals surface area (Å²) < 4.78 is 20.2. The van der Waals surface area contributed by atoms with Crippen LogP contribution in [0.4, 0.5) is 10.1 Å². The van der Waals surface area contributed by atoms with Gasteiger partial charge in [0.2, 0.25) is 5.91 Å². The van der Waals surface area contributed by atoms with E-state index in [1.807, 2.05) is 30.3 Å². The summed E-state index contributed by atoms with van der Waals surface area (Å²) in [7, 11) is 0. The molecule has 0 radical (unpaired) electrons. The van der Waals surface area contributed by atoms with Gasteiger partial charge in [0.15, 0.2) is 5.78 Å². The molecule has 0 aliphatic carbocycles. The zero-order valence-corrected chi connectivity index (χ0v) is 18.6. The fourth-order valence-electron chi connectivity index (χ4n) is 5.37.